The highest BCUT2D eigenvalue weighted by Gasteiger charge is 2.24. The second-order valence-electron chi connectivity index (χ2n) is 7.19. The first-order valence-corrected chi connectivity index (χ1v) is 9.07. The van der Waals surface area contributed by atoms with Crippen molar-refractivity contribution in [3.63, 3.8) is 0 Å². The van der Waals surface area contributed by atoms with Gasteiger partial charge in [0, 0.05) is 6.42 Å². The molecule has 5 heteroatoms. The average Bonchev–Trinajstić information content (AvgIpc) is 2.80. The van der Waals surface area contributed by atoms with E-state index in [9.17, 15) is 0 Å². The van der Waals surface area contributed by atoms with Gasteiger partial charge in [0.15, 0.2) is 5.82 Å². The fourth-order valence-electron chi connectivity index (χ4n) is 2.35. The fraction of sp³-hybridized carbons (Fsp3) is 0.875. The SMILES string of the molecule is CC(C)CSCc1noc(CCC(CCN)C(C)(C)C)n1. The molecule has 1 aromatic heterocycles. The quantitative estimate of drug-likeness (QED) is 0.749. The van der Waals surface area contributed by atoms with Gasteiger partial charge in [-0.1, -0.05) is 39.8 Å². The molecule has 0 radical (unpaired) electrons. The predicted octanol–water partition coefficient (Wildman–Crippen LogP) is 3.90. The van der Waals surface area contributed by atoms with E-state index in [1.807, 2.05) is 11.8 Å². The number of rotatable bonds is 9. The Hall–Kier alpha value is -0.550. The van der Waals surface area contributed by atoms with Gasteiger partial charge in [-0.3, -0.25) is 0 Å². The van der Waals surface area contributed by atoms with Crippen LogP contribution in [0, 0.1) is 17.3 Å². The summed E-state index contributed by atoms with van der Waals surface area (Å²) in [7, 11) is 0. The maximum atomic E-state index is 5.72. The van der Waals surface area contributed by atoms with Crippen LogP contribution in [0.15, 0.2) is 4.52 Å². The Labute approximate surface area is 133 Å². The highest BCUT2D eigenvalue weighted by atomic mass is 32.2. The fourth-order valence-corrected chi connectivity index (χ4v) is 3.23. The average molecular weight is 314 g/mol. The van der Waals surface area contributed by atoms with E-state index in [0.29, 0.717) is 11.8 Å². The lowest BCUT2D eigenvalue weighted by atomic mass is 9.76. The topological polar surface area (TPSA) is 64.9 Å². The van der Waals surface area contributed by atoms with Crippen LogP contribution in [0.2, 0.25) is 0 Å². The molecule has 0 aliphatic heterocycles. The second kappa shape index (κ2) is 8.79. The number of hydrogen-bond donors (Lipinski definition) is 1. The number of hydrogen-bond acceptors (Lipinski definition) is 5. The highest BCUT2D eigenvalue weighted by Crippen LogP contribution is 2.32. The maximum Gasteiger partial charge on any atom is 0.226 e. The Morgan fingerprint density at radius 3 is 2.52 bits per heavy atom. The molecule has 122 valence electrons. The lowest BCUT2D eigenvalue weighted by Crippen LogP contribution is -2.24. The van der Waals surface area contributed by atoms with Crippen LogP contribution in [0.5, 0.6) is 0 Å². The molecule has 0 aliphatic carbocycles. The number of aryl methyl sites for hydroxylation is 1. The summed E-state index contributed by atoms with van der Waals surface area (Å²) in [5.41, 5.74) is 6.00. The summed E-state index contributed by atoms with van der Waals surface area (Å²) in [5.74, 6) is 4.85. The molecule has 0 fully saturated rings. The van der Waals surface area contributed by atoms with Gasteiger partial charge in [-0.05, 0) is 42.4 Å². The summed E-state index contributed by atoms with van der Waals surface area (Å²) in [6.07, 6.45) is 2.96. The van der Waals surface area contributed by atoms with Crippen LogP contribution < -0.4 is 5.73 Å². The van der Waals surface area contributed by atoms with Gasteiger partial charge in [0.1, 0.15) is 0 Å². The second-order valence-corrected chi connectivity index (χ2v) is 8.22. The summed E-state index contributed by atoms with van der Waals surface area (Å²) < 4.78 is 5.36. The Bertz CT molecular complexity index is 398. The normalized spacial score (nSPS) is 13.9. The minimum atomic E-state index is 0.273. The molecule has 0 saturated carbocycles. The number of aromatic nitrogens is 2. The zero-order valence-electron chi connectivity index (χ0n) is 14.2. The van der Waals surface area contributed by atoms with Crippen molar-refractivity contribution in [1.82, 2.24) is 10.1 Å². The predicted molar refractivity (Wildman–Crippen MR) is 90.2 cm³/mol. The Morgan fingerprint density at radius 1 is 1.24 bits per heavy atom. The summed E-state index contributed by atoms with van der Waals surface area (Å²) in [5, 5.41) is 4.07. The van der Waals surface area contributed by atoms with Gasteiger partial charge in [-0.15, -0.1) is 0 Å². The van der Waals surface area contributed by atoms with Crippen molar-refractivity contribution < 1.29 is 4.52 Å². The van der Waals surface area contributed by atoms with Crippen LogP contribution in [0.3, 0.4) is 0 Å². The number of nitrogens with zero attached hydrogens (tertiary/aromatic N) is 2. The molecule has 4 nitrogen and oxygen atoms in total. The van der Waals surface area contributed by atoms with E-state index in [1.54, 1.807) is 0 Å². The highest BCUT2D eigenvalue weighted by molar-refractivity contribution is 7.98. The van der Waals surface area contributed by atoms with Gasteiger partial charge < -0.3 is 10.3 Å². The van der Waals surface area contributed by atoms with Crippen LogP contribution in [-0.4, -0.2) is 22.4 Å². The van der Waals surface area contributed by atoms with Crippen molar-refractivity contribution in [2.75, 3.05) is 12.3 Å². The molecule has 0 spiro atoms. The van der Waals surface area contributed by atoms with E-state index in [4.69, 9.17) is 10.3 Å². The first-order chi connectivity index (χ1) is 9.82. The van der Waals surface area contributed by atoms with E-state index < -0.39 is 0 Å². The van der Waals surface area contributed by atoms with Gasteiger partial charge >= 0.3 is 0 Å². The van der Waals surface area contributed by atoms with Crippen LogP contribution >= 0.6 is 11.8 Å². The third-order valence-electron chi connectivity index (χ3n) is 3.64. The zero-order valence-corrected chi connectivity index (χ0v) is 15.0. The summed E-state index contributed by atoms with van der Waals surface area (Å²) >= 11 is 1.86. The standard InChI is InChI=1S/C16H31N3OS/c1-12(2)10-21-11-14-18-15(20-19-14)7-6-13(8-9-17)16(3,4)5/h12-13H,6-11,17H2,1-5H3. The van der Waals surface area contributed by atoms with Gasteiger partial charge in [0.05, 0.1) is 5.75 Å². The van der Waals surface area contributed by atoms with Crippen LogP contribution in [0.25, 0.3) is 0 Å². The molecule has 1 rings (SSSR count). The van der Waals surface area contributed by atoms with Crippen molar-refractivity contribution in [2.45, 2.75) is 59.6 Å². The molecule has 0 bridgehead atoms. The maximum absolute atomic E-state index is 5.72. The first-order valence-electron chi connectivity index (χ1n) is 7.92. The zero-order chi connectivity index (χ0) is 15.9. The third kappa shape index (κ3) is 7.32. The molecule has 0 aromatic carbocycles. The Morgan fingerprint density at radius 2 is 1.95 bits per heavy atom. The van der Waals surface area contributed by atoms with E-state index in [0.717, 1.165) is 49.0 Å². The van der Waals surface area contributed by atoms with E-state index in [2.05, 4.69) is 44.8 Å². The van der Waals surface area contributed by atoms with Gasteiger partial charge in [0.2, 0.25) is 5.89 Å². The van der Waals surface area contributed by atoms with Crippen molar-refractivity contribution in [3.8, 4) is 0 Å². The molecule has 21 heavy (non-hydrogen) atoms. The first kappa shape index (κ1) is 18.5. The molecule has 2 N–H and O–H groups in total. The molecule has 0 amide bonds. The smallest absolute Gasteiger partial charge is 0.226 e. The van der Waals surface area contributed by atoms with Crippen LogP contribution in [0.1, 0.15) is 59.2 Å². The lowest BCUT2D eigenvalue weighted by Gasteiger charge is -2.30. The molecule has 1 heterocycles. The van der Waals surface area contributed by atoms with Crippen molar-refractivity contribution in [3.05, 3.63) is 11.7 Å². The van der Waals surface area contributed by atoms with Crippen LogP contribution in [-0.2, 0) is 12.2 Å². The van der Waals surface area contributed by atoms with Crippen LogP contribution in [0.4, 0.5) is 0 Å². The molecule has 0 aliphatic rings. The van der Waals surface area contributed by atoms with Crippen molar-refractivity contribution in [1.29, 1.82) is 0 Å². The van der Waals surface area contributed by atoms with Gasteiger partial charge in [-0.2, -0.15) is 16.7 Å². The molecular weight excluding hydrogens is 282 g/mol. The molecule has 0 saturated heterocycles. The molecule has 1 unspecified atom stereocenters. The summed E-state index contributed by atoms with van der Waals surface area (Å²) in [6.45, 7) is 12.0. The van der Waals surface area contributed by atoms with E-state index in [1.165, 1.54) is 0 Å². The van der Waals surface area contributed by atoms with Crippen molar-refractivity contribution >= 4 is 11.8 Å². The Balaban J connectivity index is 2.43. The summed E-state index contributed by atoms with van der Waals surface area (Å²) in [6, 6.07) is 0. The minimum absolute atomic E-state index is 0.273. The minimum Gasteiger partial charge on any atom is -0.339 e. The number of nitrogens with two attached hydrogens (primary N) is 1. The molecule has 1 aromatic rings. The summed E-state index contributed by atoms with van der Waals surface area (Å²) in [4.78, 5) is 4.49. The Kier molecular flexibility index (Phi) is 7.74. The van der Waals surface area contributed by atoms with Crippen molar-refractivity contribution in [2.24, 2.45) is 23.0 Å². The monoisotopic (exact) mass is 313 g/mol. The molecule has 1 atom stereocenters. The van der Waals surface area contributed by atoms with Gasteiger partial charge in [-0.25, -0.2) is 0 Å². The van der Waals surface area contributed by atoms with E-state index >= 15 is 0 Å². The third-order valence-corrected chi connectivity index (χ3v) is 5.00. The van der Waals surface area contributed by atoms with Gasteiger partial charge in [0.25, 0.3) is 0 Å². The largest absolute Gasteiger partial charge is 0.339 e. The molecular formula is C16H31N3OS. The number of thioether (sulfide) groups is 1. The van der Waals surface area contributed by atoms with E-state index in [-0.39, 0.29) is 5.41 Å². The lowest BCUT2D eigenvalue weighted by molar-refractivity contribution is 0.208.